The van der Waals surface area contributed by atoms with Crippen molar-refractivity contribution in [2.24, 2.45) is 0 Å². The van der Waals surface area contributed by atoms with E-state index in [0.717, 1.165) is 46.8 Å². The van der Waals surface area contributed by atoms with E-state index in [4.69, 9.17) is 18.9 Å². The first-order valence-electron chi connectivity index (χ1n) is 13.7. The fourth-order valence-electron chi connectivity index (χ4n) is 3.93. The summed E-state index contributed by atoms with van der Waals surface area (Å²) in [6.07, 6.45) is 2.76. The van der Waals surface area contributed by atoms with Crippen molar-refractivity contribution in [3.8, 4) is 23.5 Å². The third-order valence-electron chi connectivity index (χ3n) is 6.05. The molecule has 0 spiro atoms. The van der Waals surface area contributed by atoms with Gasteiger partial charge in [0.25, 0.3) is 0 Å². The number of thiophene rings is 1. The molecule has 3 aromatic rings. The summed E-state index contributed by atoms with van der Waals surface area (Å²) < 4.78 is 22.7. The zero-order chi connectivity index (χ0) is 29.5. The summed E-state index contributed by atoms with van der Waals surface area (Å²) in [7, 11) is 3.18. The van der Waals surface area contributed by atoms with Gasteiger partial charge in [-0.25, -0.2) is 0 Å². The number of carbonyl (C=O) groups excluding carboxylic acids is 2. The molecule has 3 heterocycles. The van der Waals surface area contributed by atoms with E-state index in [1.807, 2.05) is 36.4 Å². The lowest BCUT2D eigenvalue weighted by molar-refractivity contribution is -0.117. The van der Waals surface area contributed by atoms with E-state index in [1.165, 1.54) is 0 Å². The second-order valence-corrected chi connectivity index (χ2v) is 10.8. The van der Waals surface area contributed by atoms with Crippen molar-refractivity contribution in [2.45, 2.75) is 65.8 Å². The summed E-state index contributed by atoms with van der Waals surface area (Å²) in [5.41, 5.74) is 1.86. The van der Waals surface area contributed by atoms with Crippen LogP contribution < -0.4 is 29.6 Å². The number of hydrogen-bond donors (Lipinski definition) is 2. The van der Waals surface area contributed by atoms with Gasteiger partial charge in [-0.15, -0.1) is 11.3 Å². The van der Waals surface area contributed by atoms with Gasteiger partial charge in [0, 0.05) is 58.9 Å². The third kappa shape index (κ3) is 11.5. The highest BCUT2D eigenvalue weighted by Gasteiger charge is 2.10. The third-order valence-corrected chi connectivity index (χ3v) is 7.08. The number of aromatic nitrogens is 2. The van der Waals surface area contributed by atoms with Gasteiger partial charge in [0.2, 0.25) is 23.5 Å². The predicted octanol–water partition coefficient (Wildman–Crippen LogP) is 4.63. The highest BCUT2D eigenvalue weighted by atomic mass is 32.1. The zero-order valence-corrected chi connectivity index (χ0v) is 25.1. The Kier molecular flexibility index (Phi) is 13.5. The second kappa shape index (κ2) is 17.3. The molecule has 41 heavy (non-hydrogen) atoms. The largest absolute Gasteiger partial charge is 0.481 e. The first-order valence-corrected chi connectivity index (χ1v) is 14.5. The van der Waals surface area contributed by atoms with Gasteiger partial charge in [-0.3, -0.25) is 0 Å². The molecule has 10 nitrogen and oxygen atoms in total. The summed E-state index contributed by atoms with van der Waals surface area (Å²) in [4.78, 5) is 33.2. The van der Waals surface area contributed by atoms with Gasteiger partial charge in [0.05, 0.1) is 14.2 Å². The predicted molar refractivity (Wildman–Crippen MR) is 158 cm³/mol. The molecule has 11 heteroatoms. The average Bonchev–Trinajstić information content (AvgIpc) is 3.42. The van der Waals surface area contributed by atoms with Gasteiger partial charge in [0.1, 0.15) is 24.8 Å². The minimum atomic E-state index is 0.198. The van der Waals surface area contributed by atoms with E-state index in [9.17, 15) is 9.59 Å². The zero-order valence-electron chi connectivity index (χ0n) is 24.3. The number of pyridine rings is 2. The summed E-state index contributed by atoms with van der Waals surface area (Å²) in [5.74, 6) is 2.39. The van der Waals surface area contributed by atoms with E-state index in [2.05, 4.69) is 20.6 Å². The lowest BCUT2D eigenvalue weighted by atomic mass is 10.2. The van der Waals surface area contributed by atoms with E-state index in [0.29, 0.717) is 62.7 Å². The van der Waals surface area contributed by atoms with Crippen molar-refractivity contribution in [3.05, 3.63) is 57.3 Å². The van der Waals surface area contributed by atoms with Crippen LogP contribution in [0.3, 0.4) is 0 Å². The minimum absolute atomic E-state index is 0.198. The quantitative estimate of drug-likeness (QED) is 0.182. The van der Waals surface area contributed by atoms with Gasteiger partial charge >= 0.3 is 0 Å². The number of Topliss-reactive ketones (excluding diaryl/α,β-unsaturated/α-hetero) is 2. The second-order valence-electron chi connectivity index (χ2n) is 9.55. The van der Waals surface area contributed by atoms with Gasteiger partial charge in [-0.2, -0.15) is 9.97 Å². The summed E-state index contributed by atoms with van der Waals surface area (Å²) in [6.45, 7) is 6.68. The molecule has 0 saturated carbocycles. The number of hydrogen-bond acceptors (Lipinski definition) is 11. The van der Waals surface area contributed by atoms with Crippen molar-refractivity contribution in [3.63, 3.8) is 0 Å². The maximum Gasteiger partial charge on any atom is 0.220 e. The lowest BCUT2D eigenvalue weighted by Gasteiger charge is -2.11. The first kappa shape index (κ1) is 32.0. The Morgan fingerprint density at radius 1 is 0.707 bits per heavy atom. The summed E-state index contributed by atoms with van der Waals surface area (Å²) in [5, 5.41) is 6.63. The highest BCUT2D eigenvalue weighted by Crippen LogP contribution is 2.25. The van der Waals surface area contributed by atoms with Crippen LogP contribution in [0.5, 0.6) is 23.5 Å². The SMILES string of the molecule is COc1nc(OCc2ccc(COc3ccc(CNCCCC(C)=O)c(OC)n3)s2)ccc1CNCCCC(C)=O. The molecule has 0 aliphatic rings. The summed E-state index contributed by atoms with van der Waals surface area (Å²) >= 11 is 1.60. The molecule has 0 aliphatic carbocycles. The molecular formula is C30H40N4O6S. The summed E-state index contributed by atoms with van der Waals surface area (Å²) in [6, 6.07) is 11.5. The first-order chi connectivity index (χ1) is 19.9. The van der Waals surface area contributed by atoms with Crippen LogP contribution in [-0.2, 0) is 35.9 Å². The molecule has 0 atom stereocenters. The molecule has 3 rings (SSSR count). The molecular weight excluding hydrogens is 544 g/mol. The Balaban J connectivity index is 1.45. The molecule has 0 aliphatic heterocycles. The number of methoxy groups -OCH3 is 2. The van der Waals surface area contributed by atoms with Crippen LogP contribution in [0.4, 0.5) is 0 Å². The Morgan fingerprint density at radius 2 is 1.15 bits per heavy atom. The molecule has 0 aromatic carbocycles. The van der Waals surface area contributed by atoms with Gasteiger partial charge in [-0.1, -0.05) is 0 Å². The lowest BCUT2D eigenvalue weighted by Crippen LogP contribution is -2.16. The standard InChI is InChI=1S/C30H40N4O6S/c1-21(35)7-5-15-31-17-23-9-13-27(33-29(23)37-3)39-19-25-11-12-26(41-25)20-40-28-14-10-24(30(34-28)38-4)18-32-16-6-8-22(2)36/h9-14,31-32H,5-8,15-20H2,1-4H3. The van der Waals surface area contributed by atoms with Gasteiger partial charge in [-0.05, 0) is 64.0 Å². The fourth-order valence-corrected chi connectivity index (χ4v) is 4.77. The van der Waals surface area contributed by atoms with Crippen LogP contribution in [0.2, 0.25) is 0 Å². The van der Waals surface area contributed by atoms with Crippen molar-refractivity contribution in [2.75, 3.05) is 27.3 Å². The number of rotatable bonds is 20. The van der Waals surface area contributed by atoms with Crippen LogP contribution in [0, 0.1) is 0 Å². The van der Waals surface area contributed by atoms with Crippen LogP contribution in [-0.4, -0.2) is 48.8 Å². The number of nitrogens with zero attached hydrogens (tertiary/aromatic N) is 2. The minimum Gasteiger partial charge on any atom is -0.481 e. The molecule has 0 radical (unpaired) electrons. The van der Waals surface area contributed by atoms with Gasteiger partial charge < -0.3 is 39.2 Å². The Morgan fingerprint density at radius 3 is 1.54 bits per heavy atom. The normalized spacial score (nSPS) is 10.8. The molecule has 3 aromatic heterocycles. The van der Waals surface area contributed by atoms with Crippen molar-refractivity contribution >= 4 is 22.9 Å². The maximum absolute atomic E-state index is 11.1. The van der Waals surface area contributed by atoms with Crippen LogP contribution in [0.15, 0.2) is 36.4 Å². The molecule has 2 N–H and O–H groups in total. The van der Waals surface area contributed by atoms with E-state index >= 15 is 0 Å². The Hall–Kier alpha value is -3.54. The number of carbonyl (C=O) groups is 2. The molecule has 222 valence electrons. The number of ether oxygens (including phenoxy) is 4. The van der Waals surface area contributed by atoms with Crippen molar-refractivity contribution in [1.29, 1.82) is 0 Å². The number of ketones is 2. The average molecular weight is 585 g/mol. The topological polar surface area (TPSA) is 121 Å². The van der Waals surface area contributed by atoms with Crippen molar-refractivity contribution in [1.82, 2.24) is 20.6 Å². The molecule has 0 bridgehead atoms. The smallest absolute Gasteiger partial charge is 0.220 e. The van der Waals surface area contributed by atoms with Crippen LogP contribution in [0.1, 0.15) is 60.4 Å². The molecule has 0 amide bonds. The van der Waals surface area contributed by atoms with Crippen LogP contribution in [0.25, 0.3) is 0 Å². The Bertz CT molecular complexity index is 1170. The van der Waals surface area contributed by atoms with E-state index < -0.39 is 0 Å². The van der Waals surface area contributed by atoms with Gasteiger partial charge in [0.15, 0.2) is 0 Å². The molecule has 0 saturated heterocycles. The molecule has 0 fully saturated rings. The molecule has 0 unspecified atom stereocenters. The fraction of sp³-hybridized carbons (Fsp3) is 0.467. The van der Waals surface area contributed by atoms with Crippen LogP contribution >= 0.6 is 11.3 Å². The Labute approximate surface area is 245 Å². The van der Waals surface area contributed by atoms with E-state index in [1.54, 1.807) is 39.4 Å². The monoisotopic (exact) mass is 584 g/mol. The highest BCUT2D eigenvalue weighted by molar-refractivity contribution is 7.11. The number of nitrogens with one attached hydrogen (secondary N) is 2. The maximum atomic E-state index is 11.1. The van der Waals surface area contributed by atoms with E-state index in [-0.39, 0.29) is 11.6 Å². The van der Waals surface area contributed by atoms with Crippen molar-refractivity contribution < 1.29 is 28.5 Å².